The average molecular weight is 424 g/mol. The number of hydrogen-bond donors (Lipinski definition) is 3. The van der Waals surface area contributed by atoms with Gasteiger partial charge in [0.05, 0.1) is 12.7 Å². The number of halogens is 1. The summed E-state index contributed by atoms with van der Waals surface area (Å²) >= 11 is 5.92. The molecule has 0 unspecified atom stereocenters. The van der Waals surface area contributed by atoms with E-state index in [0.717, 1.165) is 0 Å². The van der Waals surface area contributed by atoms with Crippen LogP contribution in [0.3, 0.4) is 0 Å². The van der Waals surface area contributed by atoms with Crippen molar-refractivity contribution in [3.05, 3.63) is 94.5 Å². The number of nitrogens with one attached hydrogen (secondary N) is 3. The molecule has 0 aromatic heterocycles. The molecule has 3 aromatic carbocycles. The van der Waals surface area contributed by atoms with Gasteiger partial charge in [0.15, 0.2) is 0 Å². The van der Waals surface area contributed by atoms with Crippen molar-refractivity contribution in [2.24, 2.45) is 0 Å². The molecule has 3 N–H and O–H groups in total. The summed E-state index contributed by atoms with van der Waals surface area (Å²) in [5.41, 5.74) is 6.01. The molecular weight excluding hydrogens is 406 g/mol. The second-order valence-corrected chi connectivity index (χ2v) is 6.59. The lowest BCUT2D eigenvalue weighted by Crippen LogP contribution is -2.41. The van der Waals surface area contributed by atoms with E-state index in [1.54, 1.807) is 54.6 Å². The van der Waals surface area contributed by atoms with Crippen LogP contribution in [0.4, 0.5) is 5.69 Å². The highest BCUT2D eigenvalue weighted by atomic mass is 35.5. The highest BCUT2D eigenvalue weighted by molar-refractivity contribution is 6.31. The quantitative estimate of drug-likeness (QED) is 0.545. The summed E-state index contributed by atoms with van der Waals surface area (Å²) in [6.45, 7) is 0. The van der Waals surface area contributed by atoms with Crippen LogP contribution in [0, 0.1) is 0 Å². The fraction of sp³-hybridized carbons (Fsp3) is 0.0455. The minimum atomic E-state index is -0.587. The van der Waals surface area contributed by atoms with E-state index in [9.17, 15) is 14.4 Å². The van der Waals surface area contributed by atoms with E-state index in [0.29, 0.717) is 22.0 Å². The number of hydrazine groups is 1. The van der Waals surface area contributed by atoms with Crippen LogP contribution in [0.5, 0.6) is 5.75 Å². The Morgan fingerprint density at radius 1 is 0.767 bits per heavy atom. The molecule has 0 heterocycles. The molecule has 3 aromatic rings. The highest BCUT2D eigenvalue weighted by Gasteiger charge is 2.15. The van der Waals surface area contributed by atoms with Crippen molar-refractivity contribution < 1.29 is 19.1 Å². The van der Waals surface area contributed by atoms with Gasteiger partial charge in [0.25, 0.3) is 17.7 Å². The van der Waals surface area contributed by atoms with Crippen LogP contribution in [0.1, 0.15) is 31.1 Å². The van der Waals surface area contributed by atoms with Gasteiger partial charge in [-0.1, -0.05) is 35.9 Å². The van der Waals surface area contributed by atoms with Crippen molar-refractivity contribution in [3.63, 3.8) is 0 Å². The Hall–Kier alpha value is -3.84. The van der Waals surface area contributed by atoms with E-state index in [4.69, 9.17) is 16.3 Å². The van der Waals surface area contributed by atoms with Crippen LogP contribution < -0.4 is 20.9 Å². The Morgan fingerprint density at radius 2 is 1.47 bits per heavy atom. The Balaban J connectivity index is 1.65. The monoisotopic (exact) mass is 423 g/mol. The standard InChI is InChI=1S/C22H18ClN3O4/c1-30-19-11-10-16(23)13-18(19)22(29)26-25-21(28)15-8-5-9-17(12-15)24-20(27)14-6-3-2-4-7-14/h2-13H,1H3,(H,24,27)(H,25,28)(H,26,29). The first kappa shape index (κ1) is 20.9. The Morgan fingerprint density at radius 3 is 2.20 bits per heavy atom. The van der Waals surface area contributed by atoms with Gasteiger partial charge in [-0.05, 0) is 48.5 Å². The van der Waals surface area contributed by atoms with E-state index in [2.05, 4.69) is 16.2 Å². The lowest BCUT2D eigenvalue weighted by Gasteiger charge is -2.11. The summed E-state index contributed by atoms with van der Waals surface area (Å²) in [6.07, 6.45) is 0. The molecule has 30 heavy (non-hydrogen) atoms. The van der Waals surface area contributed by atoms with Gasteiger partial charge >= 0.3 is 0 Å². The molecule has 0 aliphatic rings. The molecule has 0 saturated carbocycles. The summed E-state index contributed by atoms with van der Waals surface area (Å²) < 4.78 is 5.13. The van der Waals surface area contributed by atoms with Crippen molar-refractivity contribution in [1.82, 2.24) is 10.9 Å². The van der Waals surface area contributed by atoms with Crippen molar-refractivity contribution in [1.29, 1.82) is 0 Å². The minimum Gasteiger partial charge on any atom is -0.496 e. The zero-order valence-corrected chi connectivity index (χ0v) is 16.7. The molecule has 0 aliphatic carbocycles. The third-order valence-electron chi connectivity index (χ3n) is 4.11. The molecule has 0 fully saturated rings. The molecule has 0 atom stereocenters. The van der Waals surface area contributed by atoms with E-state index < -0.39 is 11.8 Å². The second-order valence-electron chi connectivity index (χ2n) is 6.15. The number of hydrogen-bond acceptors (Lipinski definition) is 4. The number of carbonyl (C=O) groups is 3. The number of anilines is 1. The van der Waals surface area contributed by atoms with Crippen LogP contribution in [-0.2, 0) is 0 Å². The second kappa shape index (κ2) is 9.58. The largest absolute Gasteiger partial charge is 0.496 e. The molecule has 0 saturated heterocycles. The minimum absolute atomic E-state index is 0.175. The van der Waals surface area contributed by atoms with Crippen molar-refractivity contribution >= 4 is 35.0 Å². The fourth-order valence-corrected chi connectivity index (χ4v) is 2.81. The van der Waals surface area contributed by atoms with E-state index >= 15 is 0 Å². The van der Waals surface area contributed by atoms with Gasteiger partial charge in [-0.2, -0.15) is 0 Å². The first-order valence-electron chi connectivity index (χ1n) is 8.88. The zero-order valence-electron chi connectivity index (χ0n) is 15.9. The van der Waals surface area contributed by atoms with Crippen LogP contribution in [0.25, 0.3) is 0 Å². The predicted molar refractivity (Wildman–Crippen MR) is 114 cm³/mol. The maximum atomic E-state index is 12.4. The van der Waals surface area contributed by atoms with Gasteiger partial charge in [-0.3, -0.25) is 25.2 Å². The van der Waals surface area contributed by atoms with Gasteiger partial charge in [-0.25, -0.2) is 0 Å². The van der Waals surface area contributed by atoms with E-state index in [1.807, 2.05) is 6.07 Å². The summed E-state index contributed by atoms with van der Waals surface area (Å²) in [5, 5.41) is 3.08. The van der Waals surface area contributed by atoms with Gasteiger partial charge in [0.2, 0.25) is 0 Å². The van der Waals surface area contributed by atoms with E-state index in [1.165, 1.54) is 19.2 Å². The molecule has 3 rings (SSSR count). The predicted octanol–water partition coefficient (Wildman–Crippen LogP) is 3.68. The summed E-state index contributed by atoms with van der Waals surface area (Å²) in [7, 11) is 1.42. The average Bonchev–Trinajstić information content (AvgIpc) is 2.78. The summed E-state index contributed by atoms with van der Waals surface area (Å²) in [5.74, 6) is -1.12. The van der Waals surface area contributed by atoms with Crippen LogP contribution in [0.2, 0.25) is 5.02 Å². The molecular formula is C22H18ClN3O4. The van der Waals surface area contributed by atoms with Crippen LogP contribution in [-0.4, -0.2) is 24.8 Å². The lowest BCUT2D eigenvalue weighted by atomic mass is 10.1. The van der Waals surface area contributed by atoms with Crippen LogP contribution >= 0.6 is 11.6 Å². The normalized spacial score (nSPS) is 10.1. The molecule has 0 bridgehead atoms. The fourth-order valence-electron chi connectivity index (χ4n) is 2.64. The highest BCUT2D eigenvalue weighted by Crippen LogP contribution is 2.22. The molecule has 0 radical (unpaired) electrons. The third-order valence-corrected chi connectivity index (χ3v) is 4.35. The van der Waals surface area contributed by atoms with Crippen molar-refractivity contribution in [2.75, 3.05) is 12.4 Å². The number of rotatable bonds is 5. The van der Waals surface area contributed by atoms with Gasteiger partial charge in [0.1, 0.15) is 5.75 Å². The van der Waals surface area contributed by atoms with Crippen molar-refractivity contribution in [2.45, 2.75) is 0 Å². The zero-order chi connectivity index (χ0) is 21.5. The molecule has 0 spiro atoms. The molecule has 0 aliphatic heterocycles. The maximum Gasteiger partial charge on any atom is 0.273 e. The number of benzene rings is 3. The number of amides is 3. The number of methoxy groups -OCH3 is 1. The van der Waals surface area contributed by atoms with Gasteiger partial charge in [-0.15, -0.1) is 0 Å². The number of carbonyl (C=O) groups excluding carboxylic acids is 3. The Labute approximate surface area is 178 Å². The number of ether oxygens (including phenoxy) is 1. The first-order valence-corrected chi connectivity index (χ1v) is 9.26. The first-order chi connectivity index (χ1) is 14.5. The molecule has 7 nitrogen and oxygen atoms in total. The SMILES string of the molecule is COc1ccc(Cl)cc1C(=O)NNC(=O)c1cccc(NC(=O)c2ccccc2)c1. The van der Waals surface area contributed by atoms with Gasteiger partial charge < -0.3 is 10.1 Å². The third kappa shape index (κ3) is 5.15. The lowest BCUT2D eigenvalue weighted by molar-refractivity contribution is 0.0845. The van der Waals surface area contributed by atoms with Crippen molar-refractivity contribution in [3.8, 4) is 5.75 Å². The Bertz CT molecular complexity index is 1090. The molecule has 3 amide bonds. The maximum absolute atomic E-state index is 12.4. The topological polar surface area (TPSA) is 96.5 Å². The smallest absolute Gasteiger partial charge is 0.273 e. The molecule has 8 heteroatoms. The van der Waals surface area contributed by atoms with Crippen LogP contribution in [0.15, 0.2) is 72.8 Å². The van der Waals surface area contributed by atoms with E-state index in [-0.39, 0.29) is 17.0 Å². The Kier molecular flexibility index (Phi) is 6.67. The molecule has 152 valence electrons. The summed E-state index contributed by atoms with van der Waals surface area (Å²) in [4.78, 5) is 37.0. The van der Waals surface area contributed by atoms with Gasteiger partial charge in [0, 0.05) is 21.8 Å². The summed E-state index contributed by atoms with van der Waals surface area (Å²) in [6, 6.07) is 19.6.